The van der Waals surface area contributed by atoms with Crippen LogP contribution in [0.1, 0.15) is 38.3 Å². The van der Waals surface area contributed by atoms with Crippen molar-refractivity contribution in [2.45, 2.75) is 33.6 Å². The monoisotopic (exact) mass is 329 g/mol. The van der Waals surface area contributed by atoms with Gasteiger partial charge in [-0.05, 0) is 67.0 Å². The van der Waals surface area contributed by atoms with Gasteiger partial charge >= 0.3 is 21.7 Å². The van der Waals surface area contributed by atoms with Crippen molar-refractivity contribution >= 4 is 11.3 Å². The SMILES string of the molecule is C=C1C(C)=C(C)C(C)=C1c1cccc2c1NCCC2.[CH3-].[CH3-].[Ti+2]. The number of allylic oxidation sites excluding steroid dienone is 5. The van der Waals surface area contributed by atoms with Gasteiger partial charge in [0.15, 0.2) is 0 Å². The summed E-state index contributed by atoms with van der Waals surface area (Å²) in [6, 6.07) is 6.65. The molecule has 22 heavy (non-hydrogen) atoms. The van der Waals surface area contributed by atoms with E-state index in [0.717, 1.165) is 6.54 Å². The molecule has 0 aromatic heterocycles. The summed E-state index contributed by atoms with van der Waals surface area (Å²) in [4.78, 5) is 0. The van der Waals surface area contributed by atoms with Crippen LogP contribution in [0, 0.1) is 14.9 Å². The van der Waals surface area contributed by atoms with Crippen LogP contribution in [0.25, 0.3) is 5.57 Å². The predicted molar refractivity (Wildman–Crippen MR) is 96.2 cm³/mol. The number of hydrogen-bond acceptors (Lipinski definition) is 1. The molecule has 0 saturated heterocycles. The van der Waals surface area contributed by atoms with Crippen LogP contribution in [-0.2, 0) is 28.1 Å². The zero-order valence-corrected chi connectivity index (χ0v) is 16.1. The first-order chi connectivity index (χ1) is 9.11. The molecule has 2 heteroatoms. The Morgan fingerprint density at radius 1 is 1.00 bits per heavy atom. The number of anilines is 1. The van der Waals surface area contributed by atoms with E-state index in [-0.39, 0.29) is 36.6 Å². The van der Waals surface area contributed by atoms with Crippen molar-refractivity contribution in [1.82, 2.24) is 0 Å². The molecule has 116 valence electrons. The van der Waals surface area contributed by atoms with E-state index in [0.29, 0.717) is 0 Å². The fourth-order valence-corrected chi connectivity index (χ4v) is 3.19. The number of hydrogen-bond donors (Lipinski definition) is 1. The number of fused-ring (bicyclic) bond motifs is 1. The van der Waals surface area contributed by atoms with Crippen LogP contribution in [0.4, 0.5) is 5.69 Å². The first kappa shape index (κ1) is 21.0. The van der Waals surface area contributed by atoms with Crippen molar-refractivity contribution in [3.8, 4) is 0 Å². The molecule has 0 spiro atoms. The summed E-state index contributed by atoms with van der Waals surface area (Å²) in [7, 11) is 0. The normalized spacial score (nSPS) is 16.2. The smallest absolute Gasteiger partial charge is 0.384 e. The van der Waals surface area contributed by atoms with Crippen LogP contribution >= 0.6 is 0 Å². The van der Waals surface area contributed by atoms with Gasteiger partial charge in [0.1, 0.15) is 0 Å². The molecule has 1 heterocycles. The van der Waals surface area contributed by atoms with Gasteiger partial charge in [0.05, 0.1) is 0 Å². The van der Waals surface area contributed by atoms with Gasteiger partial charge in [-0.3, -0.25) is 0 Å². The summed E-state index contributed by atoms with van der Waals surface area (Å²) in [5.74, 6) is 0. The van der Waals surface area contributed by atoms with E-state index < -0.39 is 0 Å². The average molecular weight is 329 g/mol. The summed E-state index contributed by atoms with van der Waals surface area (Å²) in [5.41, 5.74) is 10.7. The zero-order valence-electron chi connectivity index (χ0n) is 14.6. The molecule has 0 fully saturated rings. The second kappa shape index (κ2) is 7.99. The van der Waals surface area contributed by atoms with Crippen LogP contribution in [0.5, 0.6) is 0 Å². The molecule has 3 rings (SSSR count). The average Bonchev–Trinajstić information content (AvgIpc) is 2.63. The van der Waals surface area contributed by atoms with Crippen LogP contribution < -0.4 is 5.32 Å². The Bertz CT molecular complexity index is 635. The summed E-state index contributed by atoms with van der Waals surface area (Å²) in [6.45, 7) is 12.0. The molecular weight excluding hydrogens is 302 g/mol. The minimum absolute atomic E-state index is 0. The van der Waals surface area contributed by atoms with Gasteiger partial charge in [-0.2, -0.15) is 0 Å². The van der Waals surface area contributed by atoms with Crippen molar-refractivity contribution in [1.29, 1.82) is 0 Å². The Kier molecular flexibility index (Phi) is 7.61. The summed E-state index contributed by atoms with van der Waals surface area (Å²) in [5, 5.41) is 3.59. The number of rotatable bonds is 1. The third-order valence-corrected chi connectivity index (χ3v) is 4.60. The quantitative estimate of drug-likeness (QED) is 0.521. The van der Waals surface area contributed by atoms with E-state index in [2.05, 4.69) is 50.9 Å². The van der Waals surface area contributed by atoms with Crippen molar-refractivity contribution in [3.63, 3.8) is 0 Å². The van der Waals surface area contributed by atoms with E-state index in [1.54, 1.807) is 0 Å². The van der Waals surface area contributed by atoms with Crippen LogP contribution in [0.2, 0.25) is 0 Å². The standard InChI is InChI=1S/C18H21N.2CH3.Ti/c1-11-12(2)14(4)17(13(11)3)16-9-5-7-15-8-6-10-19-18(15)16;;;/h5,7,9,19H,3,6,8,10H2,1-2,4H3;2*1H3;/q;2*-1;+2. The second-order valence-corrected chi connectivity index (χ2v) is 5.60. The molecule has 1 aromatic rings. The fraction of sp³-hybridized carbons (Fsp3) is 0.300. The molecule has 1 aliphatic heterocycles. The van der Waals surface area contributed by atoms with Crippen LogP contribution in [-0.4, -0.2) is 6.54 Å². The van der Waals surface area contributed by atoms with Crippen molar-refractivity contribution in [2.24, 2.45) is 0 Å². The summed E-state index contributed by atoms with van der Waals surface area (Å²) in [6.07, 6.45) is 2.41. The molecule has 1 N–H and O–H groups in total. The van der Waals surface area contributed by atoms with E-state index >= 15 is 0 Å². The minimum Gasteiger partial charge on any atom is -0.384 e. The van der Waals surface area contributed by atoms with Crippen LogP contribution in [0.15, 0.2) is 47.1 Å². The maximum Gasteiger partial charge on any atom is 2.00 e. The topological polar surface area (TPSA) is 12.0 Å². The molecule has 0 amide bonds. The summed E-state index contributed by atoms with van der Waals surface area (Å²) < 4.78 is 0. The van der Waals surface area contributed by atoms with E-state index in [9.17, 15) is 0 Å². The molecule has 2 aliphatic rings. The van der Waals surface area contributed by atoms with E-state index in [4.69, 9.17) is 0 Å². The van der Waals surface area contributed by atoms with Crippen molar-refractivity contribution in [3.05, 3.63) is 73.1 Å². The molecule has 1 aromatic carbocycles. The van der Waals surface area contributed by atoms with E-state index in [1.165, 1.54) is 57.5 Å². The number of nitrogens with one attached hydrogen (secondary N) is 1. The maximum absolute atomic E-state index is 4.30. The van der Waals surface area contributed by atoms with Gasteiger partial charge in [0, 0.05) is 17.8 Å². The minimum atomic E-state index is 0. The maximum atomic E-state index is 4.30. The molecule has 0 atom stereocenters. The molecule has 0 bridgehead atoms. The van der Waals surface area contributed by atoms with Crippen molar-refractivity contribution in [2.75, 3.05) is 11.9 Å². The van der Waals surface area contributed by atoms with Gasteiger partial charge in [0.25, 0.3) is 0 Å². The summed E-state index contributed by atoms with van der Waals surface area (Å²) >= 11 is 0. The third kappa shape index (κ3) is 3.16. The Hall–Kier alpha value is -1.05. The number of para-hydroxylation sites is 1. The van der Waals surface area contributed by atoms with Gasteiger partial charge in [-0.1, -0.05) is 24.8 Å². The van der Waals surface area contributed by atoms with Gasteiger partial charge < -0.3 is 20.2 Å². The first-order valence-electron chi connectivity index (χ1n) is 7.05. The molecule has 0 unspecified atom stereocenters. The molecule has 1 nitrogen and oxygen atoms in total. The Morgan fingerprint density at radius 3 is 2.27 bits per heavy atom. The Morgan fingerprint density at radius 2 is 1.68 bits per heavy atom. The van der Waals surface area contributed by atoms with Gasteiger partial charge in [-0.25, -0.2) is 0 Å². The first-order valence-corrected chi connectivity index (χ1v) is 7.05. The second-order valence-electron chi connectivity index (χ2n) is 5.60. The number of benzene rings is 1. The Labute approximate surface area is 151 Å². The third-order valence-electron chi connectivity index (χ3n) is 4.60. The Balaban J connectivity index is 0.00000147. The van der Waals surface area contributed by atoms with Gasteiger partial charge in [0.2, 0.25) is 0 Å². The largest absolute Gasteiger partial charge is 2.00 e. The molecular formula is C20H27NTi. The number of aryl methyl sites for hydroxylation is 1. The van der Waals surface area contributed by atoms with Crippen LogP contribution in [0.3, 0.4) is 0 Å². The fourth-order valence-electron chi connectivity index (χ4n) is 3.19. The molecule has 0 saturated carbocycles. The molecule has 0 radical (unpaired) electrons. The molecule has 1 aliphatic carbocycles. The van der Waals surface area contributed by atoms with Crippen molar-refractivity contribution < 1.29 is 21.7 Å². The van der Waals surface area contributed by atoms with Gasteiger partial charge in [-0.15, -0.1) is 0 Å². The van der Waals surface area contributed by atoms with E-state index in [1.807, 2.05) is 0 Å². The zero-order chi connectivity index (χ0) is 13.6. The predicted octanol–water partition coefficient (Wildman–Crippen LogP) is 5.62.